The topological polar surface area (TPSA) is 187 Å². The molecule has 14 nitrogen and oxygen atoms in total. The van der Waals surface area contributed by atoms with Crippen LogP contribution in [0.2, 0.25) is 0 Å². The number of esters is 1. The second-order valence-corrected chi connectivity index (χ2v) is 8.89. The predicted molar refractivity (Wildman–Crippen MR) is 150 cm³/mol. The molecule has 0 fully saturated rings. The van der Waals surface area contributed by atoms with E-state index in [4.69, 9.17) is 18.6 Å². The van der Waals surface area contributed by atoms with E-state index in [-0.39, 0.29) is 17.9 Å². The van der Waals surface area contributed by atoms with E-state index in [0.717, 1.165) is 0 Å². The summed E-state index contributed by atoms with van der Waals surface area (Å²) in [5, 5.41) is 30.8. The van der Waals surface area contributed by atoms with Crippen LogP contribution in [0, 0.1) is 10.1 Å². The van der Waals surface area contributed by atoms with Crippen LogP contribution in [0.3, 0.4) is 0 Å². The van der Waals surface area contributed by atoms with Gasteiger partial charge in [0.25, 0.3) is 5.69 Å². The molecule has 2 heterocycles. The number of carbonyl (C=O) groups is 2. The molecule has 0 bridgehead atoms. The van der Waals surface area contributed by atoms with Crippen molar-refractivity contribution in [3.63, 3.8) is 0 Å². The number of allylic oxidation sites excluding steroid dienone is 1. The van der Waals surface area contributed by atoms with Gasteiger partial charge in [-0.05, 0) is 49.7 Å². The Kier molecular flexibility index (Phi) is 9.39. The number of carbonyl (C=O) groups excluding carboxylic acids is 2. The van der Waals surface area contributed by atoms with E-state index >= 15 is 0 Å². The molecule has 0 radical (unpaired) electrons. The van der Waals surface area contributed by atoms with E-state index in [1.807, 2.05) is 0 Å². The molecule has 0 aliphatic carbocycles. The Morgan fingerprint density at radius 3 is 2.74 bits per heavy atom. The molecule has 2 aromatic carbocycles. The Bertz CT molecular complexity index is 1530. The van der Waals surface area contributed by atoms with Crippen molar-refractivity contribution in [2.45, 2.75) is 26.1 Å². The molecular formula is C28H29N5O9. The highest BCUT2D eigenvalue weighted by molar-refractivity contribution is 5.95. The van der Waals surface area contributed by atoms with Crippen LogP contribution in [0.5, 0.6) is 11.5 Å². The molecule has 2 atom stereocenters. The fourth-order valence-electron chi connectivity index (χ4n) is 4.22. The van der Waals surface area contributed by atoms with Crippen LogP contribution in [0.15, 0.2) is 75.4 Å². The van der Waals surface area contributed by atoms with Crippen LogP contribution in [-0.2, 0) is 9.53 Å². The molecule has 0 saturated carbocycles. The molecule has 14 heteroatoms. The van der Waals surface area contributed by atoms with Crippen LogP contribution >= 0.6 is 0 Å². The average molecular weight is 580 g/mol. The summed E-state index contributed by atoms with van der Waals surface area (Å²) in [5.41, 5.74) is 3.93. The van der Waals surface area contributed by atoms with Crippen molar-refractivity contribution in [2.75, 3.05) is 20.3 Å². The molecule has 220 valence electrons. The van der Waals surface area contributed by atoms with Gasteiger partial charge >= 0.3 is 12.0 Å². The van der Waals surface area contributed by atoms with Gasteiger partial charge in [0.05, 0.1) is 42.0 Å². The minimum Gasteiger partial charge on any atom is -0.490 e. The standard InChI is InChI=1S/C28H29N5O9/c1-4-40-23-13-17(26-25(27(35)39-3)16(2)30-28(36)31-26)9-11-22(23)41-15-24(34)32-29-14-18-10-12-21(42-18)19-7-5-6-8-20(19)33(37)38/h5-14,24,26,32,34H,4,15H2,1-3H3,(H2,30,31,36)/b29-14+/t24-,26-/m0/s1. The fraction of sp³-hybridized carbons (Fsp3) is 0.250. The molecule has 42 heavy (non-hydrogen) atoms. The Labute approximate surface area is 240 Å². The molecule has 1 aliphatic rings. The SMILES string of the molecule is CCOc1cc([C@@H]2NC(=O)NC(C)=C2C(=O)OC)ccc1OC[C@H](O)N/N=C/c1ccc(-c2ccccc2[N+](=O)[O-])o1. The minimum absolute atomic E-state index is 0.0866. The number of hydrogen-bond donors (Lipinski definition) is 4. The lowest BCUT2D eigenvalue weighted by Gasteiger charge is -2.28. The fourth-order valence-corrected chi connectivity index (χ4v) is 4.22. The lowest BCUT2D eigenvalue weighted by molar-refractivity contribution is -0.384. The number of amides is 2. The number of nitrogens with one attached hydrogen (secondary N) is 3. The van der Waals surface area contributed by atoms with Gasteiger partial charge in [0.1, 0.15) is 18.1 Å². The van der Waals surface area contributed by atoms with E-state index in [1.165, 1.54) is 19.4 Å². The maximum absolute atomic E-state index is 12.4. The number of ether oxygens (including phenoxy) is 3. The van der Waals surface area contributed by atoms with Crippen molar-refractivity contribution >= 4 is 23.9 Å². The Morgan fingerprint density at radius 1 is 1.21 bits per heavy atom. The van der Waals surface area contributed by atoms with Gasteiger partial charge in [-0.1, -0.05) is 18.2 Å². The molecular weight excluding hydrogens is 550 g/mol. The highest BCUT2D eigenvalue weighted by Crippen LogP contribution is 2.35. The number of nitrogens with zero attached hydrogens (tertiary/aromatic N) is 2. The van der Waals surface area contributed by atoms with Crippen LogP contribution in [0.4, 0.5) is 10.5 Å². The number of aliphatic hydroxyl groups is 1. The zero-order valence-electron chi connectivity index (χ0n) is 23.0. The number of methoxy groups -OCH3 is 1. The van der Waals surface area contributed by atoms with Gasteiger partial charge in [-0.15, -0.1) is 0 Å². The summed E-state index contributed by atoms with van der Waals surface area (Å²) in [5.74, 6) is 0.654. The van der Waals surface area contributed by atoms with Gasteiger partial charge in [0.15, 0.2) is 17.7 Å². The van der Waals surface area contributed by atoms with E-state index < -0.39 is 29.2 Å². The predicted octanol–water partition coefficient (Wildman–Crippen LogP) is 3.38. The first-order valence-electron chi connectivity index (χ1n) is 12.8. The van der Waals surface area contributed by atoms with Crippen LogP contribution in [-0.4, -0.2) is 54.8 Å². The van der Waals surface area contributed by atoms with E-state index in [2.05, 4.69) is 21.2 Å². The molecule has 0 unspecified atom stereocenters. The van der Waals surface area contributed by atoms with Gasteiger partial charge in [0, 0.05) is 11.8 Å². The highest BCUT2D eigenvalue weighted by Gasteiger charge is 2.32. The summed E-state index contributed by atoms with van der Waals surface area (Å²) in [6.07, 6.45) is 0.0872. The van der Waals surface area contributed by atoms with E-state index in [9.17, 15) is 24.8 Å². The number of hydrazone groups is 1. The van der Waals surface area contributed by atoms with Crippen molar-refractivity contribution in [1.82, 2.24) is 16.1 Å². The molecule has 3 aromatic rings. The van der Waals surface area contributed by atoms with Gasteiger partial charge in [0.2, 0.25) is 0 Å². The molecule has 4 N–H and O–H groups in total. The molecule has 4 rings (SSSR count). The van der Waals surface area contributed by atoms with Crippen molar-refractivity contribution in [3.8, 4) is 22.8 Å². The summed E-state index contributed by atoms with van der Waals surface area (Å²) in [6.45, 7) is 3.48. The largest absolute Gasteiger partial charge is 0.490 e. The molecule has 0 spiro atoms. The number of aliphatic hydroxyl groups excluding tert-OH is 1. The minimum atomic E-state index is -1.22. The van der Waals surface area contributed by atoms with Gasteiger partial charge in [-0.3, -0.25) is 15.5 Å². The number of benzene rings is 2. The first kappa shape index (κ1) is 29.6. The number of rotatable bonds is 12. The van der Waals surface area contributed by atoms with E-state index in [1.54, 1.807) is 62.4 Å². The van der Waals surface area contributed by atoms with E-state index in [0.29, 0.717) is 46.5 Å². The van der Waals surface area contributed by atoms with Crippen LogP contribution in [0.25, 0.3) is 11.3 Å². The van der Waals surface area contributed by atoms with Gasteiger partial charge in [-0.25, -0.2) is 9.59 Å². The lowest BCUT2D eigenvalue weighted by atomic mass is 9.95. The van der Waals surface area contributed by atoms with Crippen molar-refractivity contribution in [1.29, 1.82) is 0 Å². The summed E-state index contributed by atoms with van der Waals surface area (Å²) in [7, 11) is 1.26. The third kappa shape index (κ3) is 6.85. The van der Waals surface area contributed by atoms with Crippen molar-refractivity contribution in [2.24, 2.45) is 5.10 Å². The van der Waals surface area contributed by atoms with Crippen LogP contribution in [0.1, 0.15) is 31.2 Å². The quantitative estimate of drug-likeness (QED) is 0.0814. The van der Waals surface area contributed by atoms with Crippen molar-refractivity contribution in [3.05, 3.63) is 87.3 Å². The number of para-hydroxylation sites is 1. The average Bonchev–Trinajstić information content (AvgIpc) is 3.44. The first-order chi connectivity index (χ1) is 20.2. The summed E-state index contributed by atoms with van der Waals surface area (Å²) in [4.78, 5) is 35.3. The molecule has 1 aromatic heterocycles. The lowest BCUT2D eigenvalue weighted by Crippen LogP contribution is -2.45. The second-order valence-electron chi connectivity index (χ2n) is 8.89. The van der Waals surface area contributed by atoms with Gasteiger partial charge in [-0.2, -0.15) is 5.10 Å². The molecule has 0 saturated heterocycles. The maximum atomic E-state index is 12.4. The Morgan fingerprint density at radius 2 is 2.00 bits per heavy atom. The number of nitro groups is 1. The zero-order chi connectivity index (χ0) is 30.2. The molecule has 2 amide bonds. The monoisotopic (exact) mass is 579 g/mol. The number of hydrogen-bond acceptors (Lipinski definition) is 11. The maximum Gasteiger partial charge on any atom is 0.337 e. The van der Waals surface area contributed by atoms with Gasteiger partial charge < -0.3 is 34.4 Å². The number of furan rings is 1. The Hall–Kier alpha value is -5.37. The summed E-state index contributed by atoms with van der Waals surface area (Å²) < 4.78 is 22.0. The summed E-state index contributed by atoms with van der Waals surface area (Å²) in [6, 6.07) is 13.0. The molecule has 1 aliphatic heterocycles. The third-order valence-electron chi connectivity index (χ3n) is 6.08. The second kappa shape index (κ2) is 13.3. The Balaban J connectivity index is 1.40. The van der Waals surface area contributed by atoms with Crippen LogP contribution < -0.4 is 25.5 Å². The number of urea groups is 1. The number of nitro benzene ring substituents is 1. The summed E-state index contributed by atoms with van der Waals surface area (Å²) >= 11 is 0. The highest BCUT2D eigenvalue weighted by atomic mass is 16.6. The zero-order valence-corrected chi connectivity index (χ0v) is 23.0. The van der Waals surface area contributed by atoms with Crippen molar-refractivity contribution < 1.29 is 38.2 Å². The smallest absolute Gasteiger partial charge is 0.337 e. The first-order valence-corrected chi connectivity index (χ1v) is 12.8. The third-order valence-corrected chi connectivity index (χ3v) is 6.08. The normalized spacial score (nSPS) is 15.5.